The van der Waals surface area contributed by atoms with E-state index in [2.05, 4.69) is 30.9 Å². The van der Waals surface area contributed by atoms with Gasteiger partial charge in [-0.15, -0.1) is 0 Å². The van der Waals surface area contributed by atoms with Crippen LogP contribution in [0.1, 0.15) is 44.4 Å². The fraction of sp³-hybridized carbons (Fsp3) is 0.464. The Bertz CT molecular complexity index is 1310. The molecule has 3 aromatic rings. The summed E-state index contributed by atoms with van der Waals surface area (Å²) in [6.07, 6.45) is 6.63. The Morgan fingerprint density at radius 2 is 1.68 bits per heavy atom. The molecule has 3 rings (SSSR count). The number of benzene rings is 1. The number of nitrogens with one attached hydrogen (secondary N) is 5. The fourth-order valence-electron chi connectivity index (χ4n) is 4.51. The second-order valence-electron chi connectivity index (χ2n) is 10.4. The summed E-state index contributed by atoms with van der Waals surface area (Å²) in [6.45, 7) is 3.95. The number of carboxylic acids is 1. The van der Waals surface area contributed by atoms with Crippen molar-refractivity contribution in [1.29, 1.82) is 0 Å². The SMILES string of the molecule is CC(C)C(NC(=O)C(Cc1cnc[nH]1)NC(=O)C(N)CCCCN)C(=O)NC(Cc1c[nH]c2ccccc12)C(=O)O. The topological polar surface area (TPSA) is 221 Å². The van der Waals surface area contributed by atoms with Crippen LogP contribution in [0, 0.1) is 5.92 Å². The molecule has 0 aliphatic carbocycles. The number of carbonyl (C=O) groups is 4. The van der Waals surface area contributed by atoms with E-state index in [0.717, 1.165) is 22.9 Å². The molecule has 0 aliphatic rings. The molecule has 2 aromatic heterocycles. The number of nitrogens with two attached hydrogens (primary N) is 2. The average Bonchev–Trinajstić information content (AvgIpc) is 3.60. The average molecular weight is 569 g/mol. The van der Waals surface area contributed by atoms with Gasteiger partial charge in [-0.3, -0.25) is 14.4 Å². The molecule has 4 unspecified atom stereocenters. The standard InChI is InChI=1S/C28H40N8O5/c1-16(2)24(27(39)35-23(28(40)41)11-17-13-32-21-9-4-3-7-19(17)21)36-26(38)22(12-18-14-31-15-33-18)34-25(37)20(30)8-5-6-10-29/h3-4,7,9,13-16,20,22-24,32H,5-6,8,10-12,29-30H2,1-2H3,(H,31,33)(H,34,37)(H,35,39)(H,36,38)(H,40,41). The first-order chi connectivity index (χ1) is 19.6. The van der Waals surface area contributed by atoms with E-state index >= 15 is 0 Å². The lowest BCUT2D eigenvalue weighted by Gasteiger charge is -2.27. The van der Waals surface area contributed by atoms with E-state index in [9.17, 15) is 24.3 Å². The van der Waals surface area contributed by atoms with Gasteiger partial charge in [0.2, 0.25) is 17.7 Å². The van der Waals surface area contributed by atoms with Crippen molar-refractivity contribution in [3.05, 3.63) is 54.2 Å². The summed E-state index contributed by atoms with van der Waals surface area (Å²) in [4.78, 5) is 61.6. The van der Waals surface area contributed by atoms with Crippen molar-refractivity contribution in [1.82, 2.24) is 30.9 Å². The second kappa shape index (κ2) is 15.0. The number of hydrogen-bond acceptors (Lipinski definition) is 7. The van der Waals surface area contributed by atoms with Gasteiger partial charge >= 0.3 is 5.97 Å². The summed E-state index contributed by atoms with van der Waals surface area (Å²) in [7, 11) is 0. The van der Waals surface area contributed by atoms with Crippen LogP contribution in [0.2, 0.25) is 0 Å². The van der Waals surface area contributed by atoms with Crippen LogP contribution in [0.3, 0.4) is 0 Å². The minimum atomic E-state index is -1.23. The number of fused-ring (bicyclic) bond motifs is 1. The summed E-state index contributed by atoms with van der Waals surface area (Å²) >= 11 is 0. The molecule has 0 saturated carbocycles. The van der Waals surface area contributed by atoms with Crippen LogP contribution in [-0.4, -0.2) is 74.5 Å². The molecule has 2 heterocycles. The number of amides is 3. The number of rotatable bonds is 16. The molecule has 13 nitrogen and oxygen atoms in total. The molecule has 0 aliphatic heterocycles. The Kier molecular flexibility index (Phi) is 11.4. The maximum absolute atomic E-state index is 13.4. The van der Waals surface area contributed by atoms with Gasteiger partial charge in [-0.25, -0.2) is 9.78 Å². The molecule has 0 spiro atoms. The Hall–Kier alpha value is -4.23. The zero-order valence-electron chi connectivity index (χ0n) is 23.4. The lowest BCUT2D eigenvalue weighted by atomic mass is 10.00. The molecule has 0 radical (unpaired) electrons. The van der Waals surface area contributed by atoms with Crippen molar-refractivity contribution in [3.8, 4) is 0 Å². The number of aromatic nitrogens is 3. The molecule has 13 heteroatoms. The molecular formula is C28H40N8O5. The smallest absolute Gasteiger partial charge is 0.326 e. The molecule has 3 amide bonds. The van der Waals surface area contributed by atoms with Gasteiger partial charge < -0.3 is 42.5 Å². The first kappa shape index (κ1) is 31.3. The van der Waals surface area contributed by atoms with E-state index in [1.54, 1.807) is 20.0 Å². The number of aliphatic carboxylic acids is 1. The van der Waals surface area contributed by atoms with Gasteiger partial charge in [0.15, 0.2) is 0 Å². The van der Waals surface area contributed by atoms with Gasteiger partial charge in [0.25, 0.3) is 0 Å². The van der Waals surface area contributed by atoms with E-state index in [1.807, 2.05) is 24.3 Å². The minimum absolute atomic E-state index is 0.0460. The summed E-state index contributed by atoms with van der Waals surface area (Å²) in [6, 6.07) is 3.29. The van der Waals surface area contributed by atoms with Gasteiger partial charge in [-0.2, -0.15) is 0 Å². The predicted octanol–water partition coefficient (Wildman–Crippen LogP) is 0.328. The Morgan fingerprint density at radius 1 is 0.951 bits per heavy atom. The highest BCUT2D eigenvalue weighted by Gasteiger charge is 2.32. The number of hydrogen-bond donors (Lipinski definition) is 8. The summed E-state index contributed by atoms with van der Waals surface area (Å²) in [5, 5.41) is 18.7. The molecule has 0 bridgehead atoms. The molecular weight excluding hydrogens is 528 g/mol. The number of aromatic amines is 2. The van der Waals surface area contributed by atoms with Crippen LogP contribution in [0.4, 0.5) is 0 Å². The third-order valence-corrected chi connectivity index (χ3v) is 6.88. The van der Waals surface area contributed by atoms with Crippen molar-refractivity contribution in [3.63, 3.8) is 0 Å². The molecule has 222 valence electrons. The summed E-state index contributed by atoms with van der Waals surface area (Å²) in [5.74, 6) is -3.35. The maximum Gasteiger partial charge on any atom is 0.326 e. The van der Waals surface area contributed by atoms with Crippen LogP contribution >= 0.6 is 0 Å². The monoisotopic (exact) mass is 568 g/mol. The van der Waals surface area contributed by atoms with Gasteiger partial charge in [0.05, 0.1) is 12.4 Å². The van der Waals surface area contributed by atoms with Gasteiger partial charge in [0, 0.05) is 41.8 Å². The van der Waals surface area contributed by atoms with E-state index in [0.29, 0.717) is 25.1 Å². The molecule has 1 aromatic carbocycles. The number of nitrogens with zero attached hydrogens (tertiary/aromatic N) is 1. The summed E-state index contributed by atoms with van der Waals surface area (Å²) < 4.78 is 0. The number of imidazole rings is 1. The largest absolute Gasteiger partial charge is 0.480 e. The van der Waals surface area contributed by atoms with Crippen molar-refractivity contribution in [2.75, 3.05) is 6.54 Å². The quantitative estimate of drug-likeness (QED) is 0.112. The van der Waals surface area contributed by atoms with Crippen LogP contribution in [0.25, 0.3) is 10.9 Å². The highest BCUT2D eigenvalue weighted by Crippen LogP contribution is 2.19. The van der Waals surface area contributed by atoms with Crippen LogP contribution in [0.5, 0.6) is 0 Å². The first-order valence-electron chi connectivity index (χ1n) is 13.7. The Morgan fingerprint density at radius 3 is 2.34 bits per heavy atom. The molecule has 41 heavy (non-hydrogen) atoms. The molecule has 0 saturated heterocycles. The third-order valence-electron chi connectivity index (χ3n) is 6.88. The highest BCUT2D eigenvalue weighted by molar-refractivity contribution is 5.94. The van der Waals surface area contributed by atoms with E-state index in [-0.39, 0.29) is 18.8 Å². The highest BCUT2D eigenvalue weighted by atomic mass is 16.4. The zero-order chi connectivity index (χ0) is 29.9. The molecule has 10 N–H and O–H groups in total. The van der Waals surface area contributed by atoms with E-state index < -0.39 is 47.9 Å². The van der Waals surface area contributed by atoms with Crippen LogP contribution in [0.15, 0.2) is 43.0 Å². The van der Waals surface area contributed by atoms with E-state index in [4.69, 9.17) is 11.5 Å². The maximum atomic E-state index is 13.4. The van der Waals surface area contributed by atoms with Crippen LogP contribution in [-0.2, 0) is 32.0 Å². The normalized spacial score (nSPS) is 14.3. The Labute approximate surface area is 238 Å². The number of H-pyrrole nitrogens is 2. The van der Waals surface area contributed by atoms with Gasteiger partial charge in [-0.1, -0.05) is 38.5 Å². The second-order valence-corrected chi connectivity index (χ2v) is 10.4. The van der Waals surface area contributed by atoms with Crippen molar-refractivity contribution >= 4 is 34.6 Å². The number of carbonyl (C=O) groups excluding carboxylic acids is 3. The Balaban J connectivity index is 1.71. The minimum Gasteiger partial charge on any atom is -0.480 e. The third kappa shape index (κ3) is 8.88. The fourth-order valence-corrected chi connectivity index (χ4v) is 4.51. The molecule has 0 fully saturated rings. The number of unbranched alkanes of at least 4 members (excludes halogenated alkanes) is 1. The predicted molar refractivity (Wildman–Crippen MR) is 153 cm³/mol. The zero-order valence-corrected chi connectivity index (χ0v) is 23.4. The number of para-hydroxylation sites is 1. The first-order valence-corrected chi connectivity index (χ1v) is 13.7. The lowest BCUT2D eigenvalue weighted by Crippen LogP contribution is -2.59. The van der Waals surface area contributed by atoms with Gasteiger partial charge in [0.1, 0.15) is 18.1 Å². The lowest BCUT2D eigenvalue weighted by molar-refractivity contribution is -0.142. The van der Waals surface area contributed by atoms with E-state index in [1.165, 1.54) is 12.5 Å². The molecule has 4 atom stereocenters. The van der Waals surface area contributed by atoms with Crippen LogP contribution < -0.4 is 27.4 Å². The van der Waals surface area contributed by atoms with Crippen molar-refractivity contribution < 1.29 is 24.3 Å². The number of carboxylic acid groups (broad SMARTS) is 1. The van der Waals surface area contributed by atoms with Crippen molar-refractivity contribution in [2.24, 2.45) is 17.4 Å². The summed E-state index contributed by atoms with van der Waals surface area (Å²) in [5.41, 5.74) is 13.7. The van der Waals surface area contributed by atoms with Gasteiger partial charge in [-0.05, 0) is 36.9 Å². The van der Waals surface area contributed by atoms with Crippen molar-refractivity contribution in [2.45, 2.75) is 70.1 Å².